The fourth-order valence-corrected chi connectivity index (χ4v) is 1.10. The molecule has 0 N–H and O–H groups in total. The molecule has 1 aromatic carbocycles. The highest BCUT2D eigenvalue weighted by Gasteiger charge is 2.06. The first kappa shape index (κ1) is 8.61. The van der Waals surface area contributed by atoms with Crippen LogP contribution in [0.1, 0.15) is 16.7 Å². The Balaban J connectivity index is 3.38. The summed E-state index contributed by atoms with van der Waals surface area (Å²) in [7, 11) is 1.57. The molecule has 62 valence electrons. The highest BCUT2D eigenvalue weighted by molar-refractivity contribution is 5.51. The first-order chi connectivity index (χ1) is 5.70. The number of hydrogen-bond acceptors (Lipinski definition) is 2. The lowest BCUT2D eigenvalue weighted by atomic mass is 10.0. The minimum Gasteiger partial charge on any atom is -0.495 e. The van der Waals surface area contributed by atoms with Crippen molar-refractivity contribution < 1.29 is 4.74 Å². The van der Waals surface area contributed by atoms with Crippen molar-refractivity contribution >= 4 is 0 Å². The van der Waals surface area contributed by atoms with Gasteiger partial charge in [0.2, 0.25) is 0 Å². The van der Waals surface area contributed by atoms with Crippen LogP contribution in [0.15, 0.2) is 12.1 Å². The average molecular weight is 161 g/mol. The van der Waals surface area contributed by atoms with Crippen molar-refractivity contribution in [2.24, 2.45) is 0 Å². The summed E-state index contributed by atoms with van der Waals surface area (Å²) in [5, 5.41) is 8.82. The van der Waals surface area contributed by atoms with Gasteiger partial charge in [0.1, 0.15) is 11.8 Å². The largest absolute Gasteiger partial charge is 0.495 e. The molecule has 0 heterocycles. The van der Waals surface area contributed by atoms with E-state index in [1.165, 1.54) is 0 Å². The molecule has 0 aliphatic carbocycles. The van der Waals surface area contributed by atoms with Crippen LogP contribution in [-0.4, -0.2) is 7.11 Å². The molecule has 0 aromatic heterocycles. The monoisotopic (exact) mass is 161 g/mol. The Morgan fingerprint density at radius 3 is 2.50 bits per heavy atom. The lowest BCUT2D eigenvalue weighted by Crippen LogP contribution is -1.92. The maximum absolute atomic E-state index is 8.82. The van der Waals surface area contributed by atoms with Gasteiger partial charge in [0.25, 0.3) is 0 Å². The third-order valence-corrected chi connectivity index (χ3v) is 2.03. The molecule has 0 unspecified atom stereocenters. The first-order valence-electron chi connectivity index (χ1n) is 3.75. The highest BCUT2D eigenvalue weighted by atomic mass is 16.5. The number of nitrogens with zero attached hydrogens (tertiary/aromatic N) is 1. The average Bonchev–Trinajstić information content (AvgIpc) is 2.09. The number of aryl methyl sites for hydroxylation is 1. The van der Waals surface area contributed by atoms with E-state index >= 15 is 0 Å². The molecule has 0 fully saturated rings. The summed E-state index contributed by atoms with van der Waals surface area (Å²) < 4.78 is 5.05. The summed E-state index contributed by atoms with van der Waals surface area (Å²) in [6, 6.07) is 5.90. The zero-order valence-electron chi connectivity index (χ0n) is 7.51. The van der Waals surface area contributed by atoms with Crippen LogP contribution in [-0.2, 0) is 0 Å². The standard InChI is InChI=1S/C10H11NO/c1-7-4-5-10(12-3)9(6-11)8(7)2/h4-5H,1-3H3. The number of ether oxygens (including phenoxy) is 1. The van der Waals surface area contributed by atoms with E-state index in [1.807, 2.05) is 26.0 Å². The highest BCUT2D eigenvalue weighted by Crippen LogP contribution is 2.23. The van der Waals surface area contributed by atoms with Crippen LogP contribution >= 0.6 is 0 Å². The van der Waals surface area contributed by atoms with Gasteiger partial charge in [-0.15, -0.1) is 0 Å². The second-order valence-corrected chi connectivity index (χ2v) is 2.70. The van der Waals surface area contributed by atoms with Crippen LogP contribution in [0.5, 0.6) is 5.75 Å². The predicted molar refractivity (Wildman–Crippen MR) is 47.2 cm³/mol. The van der Waals surface area contributed by atoms with Crippen molar-refractivity contribution in [3.05, 3.63) is 28.8 Å². The molecule has 2 nitrogen and oxygen atoms in total. The van der Waals surface area contributed by atoms with Gasteiger partial charge in [-0.05, 0) is 31.0 Å². The zero-order valence-corrected chi connectivity index (χ0v) is 7.51. The quantitative estimate of drug-likeness (QED) is 0.632. The normalized spacial score (nSPS) is 9.17. The van der Waals surface area contributed by atoms with Crippen LogP contribution in [0.2, 0.25) is 0 Å². The van der Waals surface area contributed by atoms with Gasteiger partial charge in [0, 0.05) is 0 Å². The number of nitriles is 1. The summed E-state index contributed by atoms with van der Waals surface area (Å²) in [6.45, 7) is 3.91. The molecule has 1 rings (SSSR count). The molecule has 0 aliphatic heterocycles. The molecule has 2 heteroatoms. The van der Waals surface area contributed by atoms with Gasteiger partial charge in [0.15, 0.2) is 0 Å². The lowest BCUT2D eigenvalue weighted by molar-refractivity contribution is 0.413. The molecule has 0 atom stereocenters. The summed E-state index contributed by atoms with van der Waals surface area (Å²) in [4.78, 5) is 0. The number of hydrogen-bond donors (Lipinski definition) is 0. The maximum atomic E-state index is 8.82. The molecule has 0 aliphatic rings. The third kappa shape index (κ3) is 1.26. The Bertz CT molecular complexity index is 336. The summed E-state index contributed by atoms with van der Waals surface area (Å²) in [6.07, 6.45) is 0. The summed E-state index contributed by atoms with van der Waals surface area (Å²) in [5.74, 6) is 0.653. The zero-order chi connectivity index (χ0) is 9.14. The van der Waals surface area contributed by atoms with Crippen LogP contribution in [0.4, 0.5) is 0 Å². The smallest absolute Gasteiger partial charge is 0.136 e. The molecule has 1 aromatic rings. The Morgan fingerprint density at radius 2 is 2.00 bits per heavy atom. The number of rotatable bonds is 1. The van der Waals surface area contributed by atoms with E-state index in [0.29, 0.717) is 11.3 Å². The molecule has 12 heavy (non-hydrogen) atoms. The van der Waals surface area contributed by atoms with E-state index in [-0.39, 0.29) is 0 Å². The second-order valence-electron chi connectivity index (χ2n) is 2.70. The van der Waals surface area contributed by atoms with Crippen molar-refractivity contribution in [3.8, 4) is 11.8 Å². The van der Waals surface area contributed by atoms with Crippen molar-refractivity contribution in [1.82, 2.24) is 0 Å². The Labute approximate surface area is 72.4 Å². The molecule has 0 radical (unpaired) electrons. The van der Waals surface area contributed by atoms with Crippen LogP contribution in [0.25, 0.3) is 0 Å². The summed E-state index contributed by atoms with van der Waals surface area (Å²) >= 11 is 0. The Kier molecular flexibility index (Phi) is 2.35. The van der Waals surface area contributed by atoms with Gasteiger partial charge in [-0.2, -0.15) is 5.26 Å². The van der Waals surface area contributed by atoms with Crippen LogP contribution < -0.4 is 4.74 Å². The molecular formula is C10H11NO. The van der Waals surface area contributed by atoms with Crippen molar-refractivity contribution in [2.75, 3.05) is 7.11 Å². The second kappa shape index (κ2) is 3.27. The number of methoxy groups -OCH3 is 1. The predicted octanol–water partition coefficient (Wildman–Crippen LogP) is 2.18. The van der Waals surface area contributed by atoms with Gasteiger partial charge >= 0.3 is 0 Å². The van der Waals surface area contributed by atoms with Gasteiger partial charge in [-0.25, -0.2) is 0 Å². The first-order valence-corrected chi connectivity index (χ1v) is 3.75. The molecule has 0 saturated carbocycles. The van der Waals surface area contributed by atoms with E-state index in [0.717, 1.165) is 11.1 Å². The van der Waals surface area contributed by atoms with Crippen molar-refractivity contribution in [1.29, 1.82) is 5.26 Å². The van der Waals surface area contributed by atoms with E-state index in [1.54, 1.807) is 7.11 Å². The van der Waals surface area contributed by atoms with Gasteiger partial charge < -0.3 is 4.74 Å². The topological polar surface area (TPSA) is 33.0 Å². The maximum Gasteiger partial charge on any atom is 0.136 e. The van der Waals surface area contributed by atoms with E-state index < -0.39 is 0 Å². The van der Waals surface area contributed by atoms with E-state index in [2.05, 4.69) is 6.07 Å². The summed E-state index contributed by atoms with van der Waals surface area (Å²) in [5.41, 5.74) is 2.75. The van der Waals surface area contributed by atoms with Gasteiger partial charge in [-0.1, -0.05) is 6.07 Å². The van der Waals surface area contributed by atoms with E-state index in [4.69, 9.17) is 10.00 Å². The van der Waals surface area contributed by atoms with E-state index in [9.17, 15) is 0 Å². The number of benzene rings is 1. The SMILES string of the molecule is COc1ccc(C)c(C)c1C#N. The van der Waals surface area contributed by atoms with Crippen LogP contribution in [0.3, 0.4) is 0 Å². The fourth-order valence-electron chi connectivity index (χ4n) is 1.10. The fraction of sp³-hybridized carbons (Fsp3) is 0.300. The molecule has 0 saturated heterocycles. The molecule has 0 amide bonds. The van der Waals surface area contributed by atoms with Gasteiger partial charge in [0.05, 0.1) is 12.7 Å². The lowest BCUT2D eigenvalue weighted by Gasteiger charge is -2.06. The minimum absolute atomic E-state index is 0.637. The minimum atomic E-state index is 0.637. The van der Waals surface area contributed by atoms with Crippen LogP contribution in [0, 0.1) is 25.2 Å². The Morgan fingerprint density at radius 1 is 1.33 bits per heavy atom. The molecular weight excluding hydrogens is 150 g/mol. The third-order valence-electron chi connectivity index (χ3n) is 2.03. The van der Waals surface area contributed by atoms with Gasteiger partial charge in [-0.3, -0.25) is 0 Å². The molecule has 0 spiro atoms. The molecule has 0 bridgehead atoms. The van der Waals surface area contributed by atoms with Crippen molar-refractivity contribution in [2.45, 2.75) is 13.8 Å². The van der Waals surface area contributed by atoms with Crippen molar-refractivity contribution in [3.63, 3.8) is 0 Å². The Hall–Kier alpha value is -1.49.